The van der Waals surface area contributed by atoms with Gasteiger partial charge in [0.2, 0.25) is 0 Å². The second-order valence-corrected chi connectivity index (χ2v) is 4.01. The number of aromatic nitrogens is 3. The molecule has 0 radical (unpaired) electrons. The lowest BCUT2D eigenvalue weighted by Gasteiger charge is -2.09. The summed E-state index contributed by atoms with van der Waals surface area (Å²) < 4.78 is 1.94. The van der Waals surface area contributed by atoms with E-state index in [4.69, 9.17) is 11.6 Å². The van der Waals surface area contributed by atoms with Crippen LogP contribution in [-0.2, 0) is 6.54 Å². The molecule has 0 aliphatic rings. The summed E-state index contributed by atoms with van der Waals surface area (Å²) in [4.78, 5) is 8.09. The minimum Gasteiger partial charge on any atom is -0.392 e. The van der Waals surface area contributed by atoms with Crippen molar-refractivity contribution in [2.24, 2.45) is 0 Å². The third-order valence-corrected chi connectivity index (χ3v) is 2.60. The van der Waals surface area contributed by atoms with Crippen molar-refractivity contribution in [2.75, 3.05) is 0 Å². The van der Waals surface area contributed by atoms with E-state index in [1.807, 2.05) is 17.6 Å². The molecule has 0 aliphatic heterocycles. The number of aliphatic hydroxyl groups is 1. The van der Waals surface area contributed by atoms with Crippen LogP contribution in [0.3, 0.4) is 0 Å². The molecule has 0 unspecified atom stereocenters. The molecule has 2 heterocycles. The SMILES string of the molecule is Cc1cc2c(Cl)ncnc2n1C[C@@H](C)O. The molecule has 4 nitrogen and oxygen atoms in total. The maximum Gasteiger partial charge on any atom is 0.145 e. The van der Waals surface area contributed by atoms with Gasteiger partial charge in [0.05, 0.1) is 11.5 Å². The van der Waals surface area contributed by atoms with Gasteiger partial charge in [0, 0.05) is 12.2 Å². The fourth-order valence-electron chi connectivity index (χ4n) is 1.65. The Morgan fingerprint density at radius 2 is 2.27 bits per heavy atom. The van der Waals surface area contributed by atoms with Gasteiger partial charge in [-0.2, -0.15) is 0 Å². The highest BCUT2D eigenvalue weighted by molar-refractivity contribution is 6.33. The second-order valence-electron chi connectivity index (χ2n) is 3.65. The number of halogens is 1. The first-order valence-electron chi connectivity index (χ1n) is 4.74. The fourth-order valence-corrected chi connectivity index (χ4v) is 1.84. The van der Waals surface area contributed by atoms with Gasteiger partial charge in [-0.05, 0) is 19.9 Å². The Labute approximate surface area is 92.5 Å². The highest BCUT2D eigenvalue weighted by Crippen LogP contribution is 2.23. The van der Waals surface area contributed by atoms with Gasteiger partial charge in [0.1, 0.15) is 17.1 Å². The molecule has 0 spiro atoms. The molecule has 1 atom stereocenters. The van der Waals surface area contributed by atoms with Crippen LogP contribution in [0.15, 0.2) is 12.4 Å². The zero-order valence-electron chi connectivity index (χ0n) is 8.61. The Morgan fingerprint density at radius 3 is 2.93 bits per heavy atom. The Hall–Kier alpha value is -1.13. The first-order chi connectivity index (χ1) is 7.09. The Bertz CT molecular complexity index is 493. The number of hydrogen-bond donors (Lipinski definition) is 1. The predicted molar refractivity (Wildman–Crippen MR) is 59.0 cm³/mol. The molecular weight excluding hydrogens is 214 g/mol. The van der Waals surface area contributed by atoms with Crippen molar-refractivity contribution < 1.29 is 5.11 Å². The van der Waals surface area contributed by atoms with Crippen molar-refractivity contribution in [2.45, 2.75) is 26.5 Å². The molecule has 2 aromatic heterocycles. The lowest BCUT2D eigenvalue weighted by molar-refractivity contribution is 0.174. The number of fused-ring (bicyclic) bond motifs is 1. The van der Waals surface area contributed by atoms with Crippen LogP contribution >= 0.6 is 11.6 Å². The van der Waals surface area contributed by atoms with Crippen LogP contribution < -0.4 is 0 Å². The minimum atomic E-state index is -0.409. The summed E-state index contributed by atoms with van der Waals surface area (Å²) in [6, 6.07) is 1.93. The molecule has 2 aromatic rings. The van der Waals surface area contributed by atoms with Crippen molar-refractivity contribution in [3.63, 3.8) is 0 Å². The van der Waals surface area contributed by atoms with Crippen molar-refractivity contribution in [3.05, 3.63) is 23.2 Å². The topological polar surface area (TPSA) is 50.9 Å². The number of aliphatic hydroxyl groups excluding tert-OH is 1. The molecular formula is C10H12ClN3O. The van der Waals surface area contributed by atoms with E-state index in [0.717, 1.165) is 16.7 Å². The first kappa shape index (κ1) is 10.4. The van der Waals surface area contributed by atoms with E-state index in [2.05, 4.69) is 9.97 Å². The standard InChI is InChI=1S/C10H12ClN3O/c1-6-3-8-9(11)12-5-13-10(8)14(6)4-7(2)15/h3,5,7,15H,4H2,1-2H3/t7-/m1/s1. The van der Waals surface area contributed by atoms with Crippen LogP contribution in [0.2, 0.25) is 5.15 Å². The Morgan fingerprint density at radius 1 is 1.53 bits per heavy atom. The second kappa shape index (κ2) is 3.79. The zero-order chi connectivity index (χ0) is 11.0. The number of rotatable bonds is 2. The zero-order valence-corrected chi connectivity index (χ0v) is 9.36. The van der Waals surface area contributed by atoms with Gasteiger partial charge in [-0.3, -0.25) is 0 Å². The van der Waals surface area contributed by atoms with Gasteiger partial charge in [0.25, 0.3) is 0 Å². The minimum absolute atomic E-state index is 0.409. The van der Waals surface area contributed by atoms with Crippen LogP contribution in [0.1, 0.15) is 12.6 Å². The summed E-state index contributed by atoms with van der Waals surface area (Å²) in [7, 11) is 0. The summed E-state index contributed by atoms with van der Waals surface area (Å²) in [5.41, 5.74) is 1.79. The largest absolute Gasteiger partial charge is 0.392 e. The van der Waals surface area contributed by atoms with Gasteiger partial charge < -0.3 is 9.67 Å². The molecule has 0 amide bonds. The molecule has 2 rings (SSSR count). The Kier molecular flexibility index (Phi) is 2.63. The molecule has 0 aliphatic carbocycles. The lowest BCUT2D eigenvalue weighted by atomic mass is 10.4. The molecule has 80 valence electrons. The monoisotopic (exact) mass is 225 g/mol. The van der Waals surface area contributed by atoms with Gasteiger partial charge >= 0.3 is 0 Å². The maximum atomic E-state index is 9.38. The third kappa shape index (κ3) is 1.82. The maximum absolute atomic E-state index is 9.38. The molecule has 15 heavy (non-hydrogen) atoms. The van der Waals surface area contributed by atoms with Crippen molar-refractivity contribution in [1.82, 2.24) is 14.5 Å². The average Bonchev–Trinajstić information content (AvgIpc) is 2.45. The summed E-state index contributed by atoms with van der Waals surface area (Å²) in [6.45, 7) is 4.22. The van der Waals surface area contributed by atoms with E-state index in [0.29, 0.717) is 11.7 Å². The summed E-state index contributed by atoms with van der Waals surface area (Å²) in [5, 5.41) is 10.7. The van der Waals surface area contributed by atoms with Gasteiger partial charge in [-0.1, -0.05) is 11.6 Å². The molecule has 0 fully saturated rings. The normalized spacial score (nSPS) is 13.3. The summed E-state index contributed by atoms with van der Waals surface area (Å²) >= 11 is 5.95. The first-order valence-corrected chi connectivity index (χ1v) is 5.12. The fraction of sp³-hybridized carbons (Fsp3) is 0.400. The van der Waals surface area contributed by atoms with E-state index < -0.39 is 6.10 Å². The highest BCUT2D eigenvalue weighted by atomic mass is 35.5. The van der Waals surface area contributed by atoms with Crippen LogP contribution in [-0.4, -0.2) is 25.7 Å². The van der Waals surface area contributed by atoms with E-state index in [9.17, 15) is 5.11 Å². The predicted octanol–water partition coefficient (Wildman–Crippen LogP) is 1.77. The van der Waals surface area contributed by atoms with Gasteiger partial charge in [0.15, 0.2) is 0 Å². The van der Waals surface area contributed by atoms with Crippen molar-refractivity contribution in [1.29, 1.82) is 0 Å². The lowest BCUT2D eigenvalue weighted by Crippen LogP contribution is -2.13. The van der Waals surface area contributed by atoms with Crippen LogP contribution in [0.4, 0.5) is 0 Å². The van der Waals surface area contributed by atoms with E-state index in [-0.39, 0.29) is 0 Å². The van der Waals surface area contributed by atoms with Crippen LogP contribution in [0.5, 0.6) is 0 Å². The van der Waals surface area contributed by atoms with Gasteiger partial charge in [-0.25, -0.2) is 9.97 Å². The van der Waals surface area contributed by atoms with E-state index in [1.165, 1.54) is 6.33 Å². The van der Waals surface area contributed by atoms with Crippen LogP contribution in [0.25, 0.3) is 11.0 Å². The van der Waals surface area contributed by atoms with Crippen molar-refractivity contribution in [3.8, 4) is 0 Å². The molecule has 0 saturated heterocycles. The van der Waals surface area contributed by atoms with Gasteiger partial charge in [-0.15, -0.1) is 0 Å². The average molecular weight is 226 g/mol. The number of aryl methyl sites for hydroxylation is 1. The molecule has 1 N–H and O–H groups in total. The summed E-state index contributed by atoms with van der Waals surface area (Å²) in [5.74, 6) is 0. The van der Waals surface area contributed by atoms with Crippen molar-refractivity contribution >= 4 is 22.6 Å². The third-order valence-electron chi connectivity index (χ3n) is 2.30. The molecule has 0 bridgehead atoms. The van der Waals surface area contributed by atoms with E-state index in [1.54, 1.807) is 6.92 Å². The number of hydrogen-bond acceptors (Lipinski definition) is 3. The quantitative estimate of drug-likeness (QED) is 0.793. The molecule has 0 saturated carbocycles. The van der Waals surface area contributed by atoms with E-state index >= 15 is 0 Å². The Balaban J connectivity index is 2.63. The molecule has 0 aromatic carbocycles. The highest BCUT2D eigenvalue weighted by Gasteiger charge is 2.11. The smallest absolute Gasteiger partial charge is 0.145 e. The number of nitrogens with zero attached hydrogens (tertiary/aromatic N) is 3. The summed E-state index contributed by atoms with van der Waals surface area (Å²) in [6.07, 6.45) is 1.02. The molecule has 5 heteroatoms. The van der Waals surface area contributed by atoms with Crippen LogP contribution in [0, 0.1) is 6.92 Å².